The number of carbonyl (C=O) groups is 2. The Morgan fingerprint density at radius 2 is 1.81 bits per heavy atom. The first-order valence-corrected chi connectivity index (χ1v) is 12.4. The minimum Gasteiger partial charge on any atom is -0.503 e. The second kappa shape index (κ2) is 8.68. The Balaban J connectivity index is 1.55. The highest BCUT2D eigenvalue weighted by molar-refractivity contribution is 6.31. The largest absolute Gasteiger partial charge is 0.503 e. The SMILES string of the molecule is CCc1ccc(N2C(=O)C(O)=C(C(=O)c3cc4cc(Cl)ccc4o3)C2c2cn(C)c3ccccc23)cc1. The first-order valence-electron chi connectivity index (χ1n) is 12.0. The van der Waals surface area contributed by atoms with Gasteiger partial charge in [0.1, 0.15) is 5.58 Å². The van der Waals surface area contributed by atoms with Crippen LogP contribution in [0.25, 0.3) is 21.9 Å². The Kier molecular flexibility index (Phi) is 5.42. The Morgan fingerprint density at radius 1 is 1.05 bits per heavy atom. The zero-order chi connectivity index (χ0) is 25.8. The number of nitrogens with zero attached hydrogens (tertiary/aromatic N) is 2. The van der Waals surface area contributed by atoms with E-state index in [0.29, 0.717) is 21.7 Å². The minimum absolute atomic E-state index is 0.0222. The third-order valence-corrected chi connectivity index (χ3v) is 7.24. The number of fused-ring (bicyclic) bond motifs is 2. The summed E-state index contributed by atoms with van der Waals surface area (Å²) >= 11 is 6.12. The summed E-state index contributed by atoms with van der Waals surface area (Å²) in [5.41, 5.74) is 3.86. The lowest BCUT2D eigenvalue weighted by molar-refractivity contribution is -0.117. The highest BCUT2D eigenvalue weighted by Crippen LogP contribution is 2.44. The molecule has 184 valence electrons. The third-order valence-electron chi connectivity index (χ3n) is 7.00. The van der Waals surface area contributed by atoms with E-state index < -0.39 is 23.5 Å². The number of amides is 1. The van der Waals surface area contributed by atoms with E-state index >= 15 is 0 Å². The molecule has 6 rings (SSSR count). The molecule has 1 aliphatic rings. The van der Waals surface area contributed by atoms with Gasteiger partial charge in [-0.3, -0.25) is 14.5 Å². The van der Waals surface area contributed by atoms with Crippen molar-refractivity contribution in [1.82, 2.24) is 4.57 Å². The second-order valence-electron chi connectivity index (χ2n) is 9.19. The average Bonchev–Trinajstić information content (AvgIpc) is 3.56. The van der Waals surface area contributed by atoms with Gasteiger partial charge in [-0.1, -0.05) is 48.9 Å². The van der Waals surface area contributed by atoms with Gasteiger partial charge in [-0.25, -0.2) is 0 Å². The Bertz CT molecular complexity index is 1740. The molecule has 0 bridgehead atoms. The molecular formula is C30H23ClN2O4. The fourth-order valence-electron chi connectivity index (χ4n) is 5.14. The number of rotatable bonds is 5. The summed E-state index contributed by atoms with van der Waals surface area (Å²) in [5, 5.41) is 13.2. The van der Waals surface area contributed by atoms with Crippen molar-refractivity contribution in [2.24, 2.45) is 7.05 Å². The Morgan fingerprint density at radius 3 is 2.57 bits per heavy atom. The van der Waals surface area contributed by atoms with Crippen LogP contribution in [0.3, 0.4) is 0 Å². The van der Waals surface area contributed by atoms with Crippen molar-refractivity contribution in [2.45, 2.75) is 19.4 Å². The smallest absolute Gasteiger partial charge is 0.294 e. The average molecular weight is 511 g/mol. The molecular weight excluding hydrogens is 488 g/mol. The van der Waals surface area contributed by atoms with Crippen molar-refractivity contribution in [2.75, 3.05) is 4.90 Å². The molecule has 3 aromatic carbocycles. The van der Waals surface area contributed by atoms with E-state index in [0.717, 1.165) is 28.5 Å². The number of halogens is 1. The van der Waals surface area contributed by atoms with Gasteiger partial charge < -0.3 is 14.1 Å². The number of ketones is 1. The summed E-state index contributed by atoms with van der Waals surface area (Å²) in [5.74, 6) is -1.74. The molecule has 0 spiro atoms. The van der Waals surface area contributed by atoms with Crippen LogP contribution >= 0.6 is 11.6 Å². The highest BCUT2D eigenvalue weighted by atomic mass is 35.5. The molecule has 5 aromatic rings. The van der Waals surface area contributed by atoms with Crippen LogP contribution in [0.5, 0.6) is 0 Å². The monoisotopic (exact) mass is 510 g/mol. The van der Waals surface area contributed by atoms with E-state index in [-0.39, 0.29) is 11.3 Å². The molecule has 1 unspecified atom stereocenters. The van der Waals surface area contributed by atoms with Crippen LogP contribution < -0.4 is 4.90 Å². The Hall–Kier alpha value is -4.29. The number of furan rings is 1. The number of anilines is 1. The van der Waals surface area contributed by atoms with Crippen molar-refractivity contribution in [3.05, 3.63) is 112 Å². The maximum absolute atomic E-state index is 13.9. The van der Waals surface area contributed by atoms with Crippen LogP contribution in [-0.4, -0.2) is 21.4 Å². The molecule has 0 fully saturated rings. The van der Waals surface area contributed by atoms with Crippen molar-refractivity contribution in [3.63, 3.8) is 0 Å². The molecule has 1 N–H and O–H groups in total. The van der Waals surface area contributed by atoms with E-state index in [4.69, 9.17) is 16.0 Å². The van der Waals surface area contributed by atoms with Gasteiger partial charge in [-0.2, -0.15) is 0 Å². The van der Waals surface area contributed by atoms with Crippen LogP contribution in [0.15, 0.2) is 94.7 Å². The lowest BCUT2D eigenvalue weighted by Gasteiger charge is -2.26. The van der Waals surface area contributed by atoms with Gasteiger partial charge in [-0.05, 0) is 54.4 Å². The van der Waals surface area contributed by atoms with Crippen LogP contribution in [-0.2, 0) is 18.3 Å². The fourth-order valence-corrected chi connectivity index (χ4v) is 5.32. The fraction of sp³-hybridized carbons (Fsp3) is 0.133. The van der Waals surface area contributed by atoms with E-state index in [2.05, 4.69) is 6.92 Å². The lowest BCUT2D eigenvalue weighted by Crippen LogP contribution is -2.31. The van der Waals surface area contributed by atoms with Gasteiger partial charge in [0.05, 0.1) is 11.6 Å². The first-order chi connectivity index (χ1) is 17.9. The van der Waals surface area contributed by atoms with Gasteiger partial charge in [-0.15, -0.1) is 0 Å². The molecule has 3 heterocycles. The molecule has 1 amide bonds. The summed E-state index contributed by atoms with van der Waals surface area (Å²) in [7, 11) is 1.91. The maximum atomic E-state index is 13.9. The van der Waals surface area contributed by atoms with E-state index in [1.165, 1.54) is 4.90 Å². The normalized spacial score (nSPS) is 15.9. The first kappa shape index (κ1) is 23.1. The summed E-state index contributed by atoms with van der Waals surface area (Å²) in [6.45, 7) is 2.06. The number of hydrogen-bond acceptors (Lipinski definition) is 4. The standard InChI is InChI=1S/C30H23ClN2O4/c1-3-17-8-11-20(12-9-17)33-27(22-16-32(2)23-7-5-4-6-21(22)23)26(29(35)30(33)36)28(34)25-15-18-14-19(31)10-13-24(18)37-25/h4-16,27,35H,3H2,1-2H3. The Labute approximate surface area is 218 Å². The summed E-state index contributed by atoms with van der Waals surface area (Å²) in [6, 6.07) is 21.2. The number of para-hydroxylation sites is 1. The number of aliphatic hydroxyl groups excluding tert-OH is 1. The molecule has 0 aliphatic carbocycles. The molecule has 1 aliphatic heterocycles. The molecule has 6 nitrogen and oxygen atoms in total. The number of hydrogen-bond donors (Lipinski definition) is 1. The number of Topliss-reactive ketones (excluding diaryl/α,β-unsaturated/α-hetero) is 1. The zero-order valence-corrected chi connectivity index (χ0v) is 21.0. The number of benzene rings is 3. The highest BCUT2D eigenvalue weighted by Gasteiger charge is 2.46. The molecule has 37 heavy (non-hydrogen) atoms. The number of carbonyl (C=O) groups excluding carboxylic acids is 2. The predicted molar refractivity (Wildman–Crippen MR) is 144 cm³/mol. The molecule has 0 radical (unpaired) electrons. The number of aliphatic hydroxyl groups is 1. The van der Waals surface area contributed by atoms with E-state index in [9.17, 15) is 14.7 Å². The van der Waals surface area contributed by atoms with Crippen molar-refractivity contribution < 1.29 is 19.1 Å². The predicted octanol–water partition coefficient (Wildman–Crippen LogP) is 6.92. The van der Waals surface area contributed by atoms with Gasteiger partial charge in [0.15, 0.2) is 11.5 Å². The summed E-state index contributed by atoms with van der Waals surface area (Å²) in [4.78, 5) is 29.0. The molecule has 7 heteroatoms. The van der Waals surface area contributed by atoms with Crippen molar-refractivity contribution in [1.29, 1.82) is 0 Å². The molecule has 0 saturated carbocycles. The topological polar surface area (TPSA) is 75.7 Å². The van der Waals surface area contributed by atoms with E-state index in [1.54, 1.807) is 24.3 Å². The van der Waals surface area contributed by atoms with Crippen LogP contribution in [0.1, 0.15) is 34.6 Å². The number of aromatic nitrogens is 1. The van der Waals surface area contributed by atoms with Gasteiger partial charge >= 0.3 is 0 Å². The molecule has 0 saturated heterocycles. The molecule has 1 atom stereocenters. The van der Waals surface area contributed by atoms with Crippen LogP contribution in [0.2, 0.25) is 5.02 Å². The van der Waals surface area contributed by atoms with Crippen molar-refractivity contribution in [3.8, 4) is 0 Å². The lowest BCUT2D eigenvalue weighted by atomic mass is 9.94. The summed E-state index contributed by atoms with van der Waals surface area (Å²) < 4.78 is 7.79. The maximum Gasteiger partial charge on any atom is 0.294 e. The minimum atomic E-state index is -0.852. The third kappa shape index (κ3) is 3.64. The van der Waals surface area contributed by atoms with Gasteiger partial charge in [0.25, 0.3) is 5.91 Å². The zero-order valence-electron chi connectivity index (χ0n) is 20.2. The quantitative estimate of drug-likeness (QED) is 0.260. The van der Waals surface area contributed by atoms with Crippen LogP contribution in [0.4, 0.5) is 5.69 Å². The van der Waals surface area contributed by atoms with Gasteiger partial charge in [0.2, 0.25) is 5.78 Å². The summed E-state index contributed by atoms with van der Waals surface area (Å²) in [6.07, 6.45) is 2.75. The molecule has 2 aromatic heterocycles. The van der Waals surface area contributed by atoms with Crippen molar-refractivity contribution >= 4 is 50.9 Å². The van der Waals surface area contributed by atoms with Gasteiger partial charge in [0, 0.05) is 45.8 Å². The number of aryl methyl sites for hydroxylation is 2. The van der Waals surface area contributed by atoms with E-state index in [1.807, 2.05) is 66.3 Å². The van der Waals surface area contributed by atoms with Crippen LogP contribution in [0, 0.1) is 0 Å². The second-order valence-corrected chi connectivity index (χ2v) is 9.63.